The van der Waals surface area contributed by atoms with Crippen LogP contribution in [0, 0.1) is 0 Å². The normalized spacial score (nSPS) is 12.5. The van der Waals surface area contributed by atoms with Crippen LogP contribution in [0.15, 0.2) is 255 Å². The number of hydrogen-bond acceptors (Lipinski definition) is 4. The predicted octanol–water partition coefficient (Wildman–Crippen LogP) is 20.3. The molecule has 14 aromatic carbocycles. The molecule has 0 amide bonds. The first-order valence-corrected chi connectivity index (χ1v) is 28.4. The van der Waals surface area contributed by atoms with Crippen LogP contribution in [0.1, 0.15) is 11.1 Å². The Kier molecular flexibility index (Phi) is 9.60. The summed E-state index contributed by atoms with van der Waals surface area (Å²) >= 11 is 0. The Morgan fingerprint density at radius 3 is 1.33 bits per heavy atom. The first-order chi connectivity index (χ1) is 40.6. The fourth-order valence-electron chi connectivity index (χ4n) is 14.1. The van der Waals surface area contributed by atoms with Gasteiger partial charge in [-0.1, -0.05) is 218 Å². The van der Waals surface area contributed by atoms with Crippen molar-refractivity contribution in [3.05, 3.63) is 266 Å². The summed E-state index contributed by atoms with van der Waals surface area (Å²) in [6, 6.07) is 93.3. The highest BCUT2D eigenvalue weighted by atomic mass is 14.9. The van der Waals surface area contributed by atoms with Crippen molar-refractivity contribution < 1.29 is 0 Å². The van der Waals surface area contributed by atoms with Crippen LogP contribution in [0.3, 0.4) is 0 Å². The van der Waals surface area contributed by atoms with E-state index in [2.05, 4.69) is 255 Å². The summed E-state index contributed by atoms with van der Waals surface area (Å²) in [4.78, 5) is 21.7. The van der Waals surface area contributed by atoms with Crippen molar-refractivity contribution >= 4 is 108 Å². The molecular weight excluding hydrogens is 993 g/mol. The second kappa shape index (κ2) is 17.4. The van der Waals surface area contributed by atoms with E-state index in [0.29, 0.717) is 5.82 Å². The fourth-order valence-corrected chi connectivity index (χ4v) is 14.1. The molecule has 4 heteroatoms. The fraction of sp³-hybridized carbons (Fsp3) is 0.0256. The van der Waals surface area contributed by atoms with Gasteiger partial charge in [-0.2, -0.15) is 0 Å². The molecule has 0 atom stereocenters. The Morgan fingerprint density at radius 2 is 0.732 bits per heavy atom. The SMILES string of the molecule is c1cc2c3c(c1)ccc1ccc(-c4cc(-c5ccc6ccc7cccc8ccc5c6c78)cc5c(-c6ccc(-c7c8ccccc8nc8ccccc78)cc6)nc(-c6ccc(-c7c8ccccc8nc8ccccc78)cc6)nc45)c(c13)CC2. The van der Waals surface area contributed by atoms with Crippen LogP contribution in [0.2, 0.25) is 0 Å². The van der Waals surface area contributed by atoms with E-state index < -0.39 is 0 Å². The van der Waals surface area contributed by atoms with Crippen LogP contribution in [0.25, 0.3) is 176 Å². The molecule has 4 nitrogen and oxygen atoms in total. The molecule has 0 saturated heterocycles. The molecule has 82 heavy (non-hydrogen) atoms. The first-order valence-electron chi connectivity index (χ1n) is 28.4. The molecule has 0 spiro atoms. The van der Waals surface area contributed by atoms with E-state index in [4.69, 9.17) is 19.9 Å². The van der Waals surface area contributed by atoms with Gasteiger partial charge >= 0.3 is 0 Å². The third-order valence-corrected chi connectivity index (χ3v) is 17.8. The van der Waals surface area contributed by atoms with Crippen LogP contribution in [-0.4, -0.2) is 19.9 Å². The number of pyridine rings is 2. The van der Waals surface area contributed by atoms with Crippen molar-refractivity contribution in [2.24, 2.45) is 0 Å². The summed E-state index contributed by atoms with van der Waals surface area (Å²) in [7, 11) is 0. The molecule has 17 aromatic rings. The minimum atomic E-state index is 0.674. The zero-order chi connectivity index (χ0) is 53.6. The molecule has 3 aromatic heterocycles. The monoisotopic (exact) mass is 1040 g/mol. The van der Waals surface area contributed by atoms with E-state index in [1.165, 1.54) is 87.2 Å². The Bertz CT molecular complexity index is 5440. The lowest BCUT2D eigenvalue weighted by Crippen LogP contribution is -2.04. The van der Waals surface area contributed by atoms with Crippen molar-refractivity contribution in [2.75, 3.05) is 0 Å². The Balaban J connectivity index is 0.919. The van der Waals surface area contributed by atoms with Crippen LogP contribution in [0.4, 0.5) is 0 Å². The third-order valence-electron chi connectivity index (χ3n) is 17.8. The Labute approximate surface area is 471 Å². The minimum Gasteiger partial charge on any atom is -0.248 e. The molecule has 0 saturated carbocycles. The van der Waals surface area contributed by atoms with Crippen LogP contribution < -0.4 is 0 Å². The van der Waals surface area contributed by atoms with Gasteiger partial charge in [-0.3, -0.25) is 0 Å². The van der Waals surface area contributed by atoms with E-state index >= 15 is 0 Å². The number of para-hydroxylation sites is 4. The minimum absolute atomic E-state index is 0.674. The highest BCUT2D eigenvalue weighted by molar-refractivity contribution is 6.26. The number of hydrogen-bond donors (Lipinski definition) is 0. The predicted molar refractivity (Wildman–Crippen MR) is 344 cm³/mol. The van der Waals surface area contributed by atoms with Gasteiger partial charge in [0, 0.05) is 54.7 Å². The van der Waals surface area contributed by atoms with E-state index in [1.807, 2.05) is 0 Å². The lowest BCUT2D eigenvalue weighted by atomic mass is 9.81. The van der Waals surface area contributed by atoms with Crippen LogP contribution in [-0.2, 0) is 12.8 Å². The van der Waals surface area contributed by atoms with Crippen LogP contribution in [0.5, 0.6) is 0 Å². The summed E-state index contributed by atoms with van der Waals surface area (Å²) in [5.41, 5.74) is 19.7. The van der Waals surface area contributed by atoms with Gasteiger partial charge in [0.2, 0.25) is 0 Å². The first kappa shape index (κ1) is 45.2. The highest BCUT2D eigenvalue weighted by Crippen LogP contribution is 2.48. The maximum atomic E-state index is 5.81. The molecule has 0 radical (unpaired) electrons. The molecule has 18 rings (SSSR count). The van der Waals surface area contributed by atoms with E-state index in [-0.39, 0.29) is 0 Å². The number of fused-ring (bicyclic) bond motifs is 5. The molecule has 0 N–H and O–H groups in total. The van der Waals surface area contributed by atoms with Crippen molar-refractivity contribution in [3.63, 3.8) is 0 Å². The summed E-state index contributed by atoms with van der Waals surface area (Å²) in [5, 5.41) is 18.4. The molecule has 0 fully saturated rings. The van der Waals surface area contributed by atoms with E-state index in [9.17, 15) is 0 Å². The maximum absolute atomic E-state index is 5.81. The largest absolute Gasteiger partial charge is 0.248 e. The van der Waals surface area contributed by atoms with Crippen LogP contribution >= 0.6 is 0 Å². The molecule has 3 heterocycles. The van der Waals surface area contributed by atoms with Gasteiger partial charge in [-0.25, -0.2) is 19.9 Å². The molecule has 1 aliphatic carbocycles. The quantitative estimate of drug-likeness (QED) is 0.123. The Hall–Kier alpha value is -10.7. The van der Waals surface area contributed by atoms with Gasteiger partial charge in [-0.15, -0.1) is 0 Å². The smallest absolute Gasteiger partial charge is 0.160 e. The van der Waals surface area contributed by atoms with Gasteiger partial charge < -0.3 is 0 Å². The lowest BCUT2D eigenvalue weighted by molar-refractivity contribution is 0.970. The summed E-state index contributed by atoms with van der Waals surface area (Å²) in [5.74, 6) is 0.674. The average Bonchev–Trinajstić information content (AvgIpc) is 3.32. The van der Waals surface area contributed by atoms with Crippen molar-refractivity contribution in [1.29, 1.82) is 0 Å². The van der Waals surface area contributed by atoms with E-state index in [0.717, 1.165) is 106 Å². The molecule has 0 unspecified atom stereocenters. The summed E-state index contributed by atoms with van der Waals surface area (Å²) in [6.45, 7) is 0. The number of benzene rings is 14. The highest BCUT2D eigenvalue weighted by Gasteiger charge is 2.25. The number of rotatable bonds is 6. The number of aromatic nitrogens is 4. The van der Waals surface area contributed by atoms with Gasteiger partial charge in [0.05, 0.1) is 33.3 Å². The average molecular weight is 1040 g/mol. The van der Waals surface area contributed by atoms with Gasteiger partial charge in [0.15, 0.2) is 5.82 Å². The standard InChI is InChI=1S/C78H46N4/c1-5-19-66-60(15-1)72(61-16-2-6-20-67(61)79-66)49-27-31-53(32-28-49)76-65-44-55(56-39-35-51-25-23-45-11-9-13-47-37-41-58(56)74(51)70(45)47)43-64(57-40-36-52-26-24-46-12-10-14-48-38-42-59(57)75(52)71(46)48)77(65)82-78(81-76)54-33-29-50(30-34-54)73-62-17-3-7-21-68(62)80-69-22-8-4-18-63(69)73/h1-37,39-41,43-44H,38,42H2. The molecule has 1 aliphatic rings. The van der Waals surface area contributed by atoms with Crippen molar-refractivity contribution in [1.82, 2.24) is 19.9 Å². The van der Waals surface area contributed by atoms with Crippen molar-refractivity contribution in [2.45, 2.75) is 12.8 Å². The maximum Gasteiger partial charge on any atom is 0.160 e. The molecule has 0 aliphatic heterocycles. The molecule has 0 bridgehead atoms. The summed E-state index contributed by atoms with van der Waals surface area (Å²) in [6.07, 6.45) is 1.90. The molecule has 378 valence electrons. The number of aryl methyl sites for hydroxylation is 2. The zero-order valence-corrected chi connectivity index (χ0v) is 44.5. The third kappa shape index (κ3) is 6.73. The van der Waals surface area contributed by atoms with Crippen molar-refractivity contribution in [3.8, 4) is 67.2 Å². The van der Waals surface area contributed by atoms with Gasteiger partial charge in [0.1, 0.15) is 0 Å². The van der Waals surface area contributed by atoms with E-state index in [1.54, 1.807) is 0 Å². The Morgan fingerprint density at radius 1 is 0.256 bits per heavy atom. The number of nitrogens with zero attached hydrogens (tertiary/aromatic N) is 4. The topological polar surface area (TPSA) is 51.6 Å². The zero-order valence-electron chi connectivity index (χ0n) is 44.5. The molecular formula is C78H46N4. The van der Waals surface area contributed by atoms with Gasteiger partial charge in [0.25, 0.3) is 0 Å². The second-order valence-corrected chi connectivity index (χ2v) is 22.3. The lowest BCUT2D eigenvalue weighted by Gasteiger charge is -2.23. The second-order valence-electron chi connectivity index (χ2n) is 22.3. The van der Waals surface area contributed by atoms with Gasteiger partial charge in [-0.05, 0) is 142 Å². The summed E-state index contributed by atoms with van der Waals surface area (Å²) < 4.78 is 0.